The number of halogens is 1. The number of hydrogen-bond acceptors (Lipinski definition) is 5. The zero-order valence-corrected chi connectivity index (χ0v) is 26.5. The summed E-state index contributed by atoms with van der Waals surface area (Å²) in [5.41, 5.74) is 7.15. The van der Waals surface area contributed by atoms with Gasteiger partial charge in [-0.25, -0.2) is 4.98 Å². The number of aryl methyl sites for hydroxylation is 4. The molecule has 0 radical (unpaired) electrons. The predicted octanol–water partition coefficient (Wildman–Crippen LogP) is 7.51. The summed E-state index contributed by atoms with van der Waals surface area (Å²) < 4.78 is 4.37. The van der Waals surface area contributed by atoms with Crippen LogP contribution in [0.1, 0.15) is 68.9 Å². The molecule has 0 saturated carbocycles. The van der Waals surface area contributed by atoms with Crippen molar-refractivity contribution in [2.75, 3.05) is 5.32 Å². The first-order valence-corrected chi connectivity index (χ1v) is 15.8. The van der Waals surface area contributed by atoms with Crippen molar-refractivity contribution in [2.45, 2.75) is 59.8 Å². The average molecular weight is 643 g/mol. The van der Waals surface area contributed by atoms with Crippen LogP contribution in [0.4, 0.5) is 5.69 Å². The molecule has 0 aliphatic heterocycles. The summed E-state index contributed by atoms with van der Waals surface area (Å²) in [6, 6.07) is 15.5. The van der Waals surface area contributed by atoms with Gasteiger partial charge in [-0.1, -0.05) is 40.5 Å². The van der Waals surface area contributed by atoms with Crippen LogP contribution in [0.2, 0.25) is 0 Å². The number of anilines is 1. The Labute approximate surface area is 257 Å². The fraction of sp³-hybridized carbons (Fsp3) is 0.273. The van der Waals surface area contributed by atoms with Crippen LogP contribution in [0.25, 0.3) is 15.9 Å². The molecule has 3 aromatic heterocycles. The molecule has 0 bridgehead atoms. The standard InChI is InChI=1S/C33H32BrN5O2S/c1-5-29-37-27-15-12-23(34)17-26(27)32(41)39(29)35-18-22-16-20(3)38(21(22)4)33-30(25-8-6-7-9-28(25)42-33)31(40)36-24-13-10-19(2)11-14-24/h10-18H,5-9H2,1-4H3,(H,36,40). The summed E-state index contributed by atoms with van der Waals surface area (Å²) in [5.74, 6) is 0.518. The fourth-order valence-electron chi connectivity index (χ4n) is 5.67. The van der Waals surface area contributed by atoms with Crippen molar-refractivity contribution in [3.05, 3.63) is 108 Å². The number of aromatic nitrogens is 3. The van der Waals surface area contributed by atoms with E-state index in [0.717, 1.165) is 68.9 Å². The van der Waals surface area contributed by atoms with E-state index in [2.05, 4.69) is 42.0 Å². The molecule has 5 aromatic rings. The second-order valence-electron chi connectivity index (χ2n) is 10.8. The van der Waals surface area contributed by atoms with Crippen molar-refractivity contribution < 1.29 is 4.79 Å². The Morgan fingerprint density at radius 2 is 1.86 bits per heavy atom. The highest BCUT2D eigenvalue weighted by atomic mass is 79.9. The van der Waals surface area contributed by atoms with Crippen LogP contribution in [0.5, 0.6) is 0 Å². The minimum absolute atomic E-state index is 0.0801. The van der Waals surface area contributed by atoms with Gasteiger partial charge in [0, 0.05) is 38.4 Å². The van der Waals surface area contributed by atoms with E-state index in [1.54, 1.807) is 23.6 Å². The second-order valence-corrected chi connectivity index (χ2v) is 12.8. The summed E-state index contributed by atoms with van der Waals surface area (Å²) in [5, 5.41) is 9.22. The van der Waals surface area contributed by atoms with E-state index in [-0.39, 0.29) is 11.5 Å². The first kappa shape index (κ1) is 28.3. The number of nitrogens with one attached hydrogen (secondary N) is 1. The van der Waals surface area contributed by atoms with Gasteiger partial charge in [-0.2, -0.15) is 9.78 Å². The maximum Gasteiger partial charge on any atom is 0.282 e. The van der Waals surface area contributed by atoms with Gasteiger partial charge < -0.3 is 9.88 Å². The monoisotopic (exact) mass is 641 g/mol. The Hall–Kier alpha value is -3.82. The number of benzene rings is 2. The molecule has 1 aliphatic rings. The van der Waals surface area contributed by atoms with E-state index < -0.39 is 0 Å². The molecule has 0 fully saturated rings. The maximum absolute atomic E-state index is 13.8. The molecule has 3 heterocycles. The third kappa shape index (κ3) is 5.16. The van der Waals surface area contributed by atoms with Gasteiger partial charge in [0.2, 0.25) is 0 Å². The van der Waals surface area contributed by atoms with Crippen molar-refractivity contribution >= 4 is 56.0 Å². The van der Waals surface area contributed by atoms with Crippen LogP contribution in [0, 0.1) is 20.8 Å². The lowest BCUT2D eigenvalue weighted by molar-refractivity contribution is 0.102. The van der Waals surface area contributed by atoms with Crippen LogP contribution in [-0.4, -0.2) is 26.3 Å². The minimum atomic E-state index is -0.204. The van der Waals surface area contributed by atoms with E-state index in [0.29, 0.717) is 23.1 Å². The van der Waals surface area contributed by atoms with Gasteiger partial charge in [0.25, 0.3) is 11.5 Å². The first-order chi connectivity index (χ1) is 20.2. The molecule has 1 N–H and O–H groups in total. The molecule has 0 saturated heterocycles. The van der Waals surface area contributed by atoms with Crippen molar-refractivity contribution in [3.63, 3.8) is 0 Å². The van der Waals surface area contributed by atoms with Gasteiger partial charge in [-0.15, -0.1) is 11.3 Å². The van der Waals surface area contributed by atoms with Crippen LogP contribution < -0.4 is 10.9 Å². The molecule has 0 spiro atoms. The molecule has 0 atom stereocenters. The van der Waals surface area contributed by atoms with E-state index in [9.17, 15) is 9.59 Å². The van der Waals surface area contributed by atoms with Gasteiger partial charge in [-0.3, -0.25) is 9.59 Å². The number of amides is 1. The zero-order chi connectivity index (χ0) is 29.5. The summed E-state index contributed by atoms with van der Waals surface area (Å²) in [6.07, 6.45) is 6.41. The molecular weight excluding hydrogens is 610 g/mol. The molecule has 1 aliphatic carbocycles. The zero-order valence-electron chi connectivity index (χ0n) is 24.1. The van der Waals surface area contributed by atoms with Crippen LogP contribution in [0.15, 0.2) is 62.9 Å². The topological polar surface area (TPSA) is 81.3 Å². The second kappa shape index (κ2) is 11.5. The molecule has 9 heteroatoms. The fourth-order valence-corrected chi connectivity index (χ4v) is 7.53. The van der Waals surface area contributed by atoms with E-state index in [1.807, 2.05) is 64.1 Å². The van der Waals surface area contributed by atoms with Gasteiger partial charge in [0.15, 0.2) is 0 Å². The van der Waals surface area contributed by atoms with Gasteiger partial charge >= 0.3 is 0 Å². The Balaban J connectivity index is 1.42. The lowest BCUT2D eigenvalue weighted by Crippen LogP contribution is -2.22. The van der Waals surface area contributed by atoms with Crippen molar-refractivity contribution in [1.82, 2.24) is 14.2 Å². The van der Waals surface area contributed by atoms with Crippen molar-refractivity contribution in [3.8, 4) is 5.00 Å². The minimum Gasteiger partial charge on any atom is -0.322 e. The van der Waals surface area contributed by atoms with Crippen LogP contribution in [-0.2, 0) is 19.3 Å². The number of carbonyl (C=O) groups is 1. The maximum atomic E-state index is 13.8. The first-order valence-electron chi connectivity index (χ1n) is 14.2. The third-order valence-electron chi connectivity index (χ3n) is 7.87. The molecule has 7 nitrogen and oxygen atoms in total. The Bertz CT molecular complexity index is 1930. The van der Waals surface area contributed by atoms with Crippen molar-refractivity contribution in [1.29, 1.82) is 0 Å². The Kier molecular flexibility index (Phi) is 7.72. The Morgan fingerprint density at radius 1 is 1.10 bits per heavy atom. The number of nitrogens with zero attached hydrogens (tertiary/aromatic N) is 4. The lowest BCUT2D eigenvalue weighted by Gasteiger charge is -2.14. The quantitative estimate of drug-likeness (QED) is 0.195. The van der Waals surface area contributed by atoms with Crippen LogP contribution >= 0.6 is 27.3 Å². The normalized spacial score (nSPS) is 13.2. The van der Waals surface area contributed by atoms with Gasteiger partial charge in [-0.05, 0) is 88.4 Å². The summed E-state index contributed by atoms with van der Waals surface area (Å²) in [4.78, 5) is 33.2. The molecule has 6 rings (SSSR count). The molecule has 0 unspecified atom stereocenters. The average Bonchev–Trinajstić information content (AvgIpc) is 3.49. The lowest BCUT2D eigenvalue weighted by atomic mass is 9.95. The number of hydrogen-bond donors (Lipinski definition) is 1. The van der Waals surface area contributed by atoms with Gasteiger partial charge in [0.1, 0.15) is 10.8 Å². The largest absolute Gasteiger partial charge is 0.322 e. The Morgan fingerprint density at radius 3 is 2.62 bits per heavy atom. The predicted molar refractivity (Wildman–Crippen MR) is 175 cm³/mol. The smallest absolute Gasteiger partial charge is 0.282 e. The van der Waals surface area contributed by atoms with E-state index >= 15 is 0 Å². The summed E-state index contributed by atoms with van der Waals surface area (Å²) in [6.45, 7) is 8.08. The highest BCUT2D eigenvalue weighted by molar-refractivity contribution is 9.10. The molecule has 42 heavy (non-hydrogen) atoms. The van der Waals surface area contributed by atoms with E-state index in [1.165, 1.54) is 15.1 Å². The number of rotatable bonds is 6. The summed E-state index contributed by atoms with van der Waals surface area (Å²) in [7, 11) is 0. The third-order valence-corrected chi connectivity index (χ3v) is 9.64. The SMILES string of the molecule is CCc1nc2ccc(Br)cc2c(=O)n1N=Cc1cc(C)n(-c2sc3c(c2C(=O)Nc2ccc(C)cc2)CCCC3)c1C. The van der Waals surface area contributed by atoms with Gasteiger partial charge in [0.05, 0.1) is 22.7 Å². The summed E-state index contributed by atoms with van der Waals surface area (Å²) >= 11 is 5.17. The highest BCUT2D eigenvalue weighted by Crippen LogP contribution is 2.39. The molecule has 2 aromatic carbocycles. The van der Waals surface area contributed by atoms with E-state index in [4.69, 9.17) is 0 Å². The molecule has 214 valence electrons. The number of thiophene rings is 1. The van der Waals surface area contributed by atoms with Crippen molar-refractivity contribution in [2.24, 2.45) is 5.10 Å². The highest BCUT2D eigenvalue weighted by Gasteiger charge is 2.28. The molecular formula is C33H32BrN5O2S. The number of carbonyl (C=O) groups excluding carboxylic acids is 1. The van der Waals surface area contributed by atoms with Crippen LogP contribution in [0.3, 0.4) is 0 Å². The number of fused-ring (bicyclic) bond motifs is 2. The molecule has 1 amide bonds.